The molecule has 0 radical (unpaired) electrons. The quantitative estimate of drug-likeness (QED) is 0.891. The Hall–Kier alpha value is -1.64. The largest absolute Gasteiger partial charge is 0.371 e. The van der Waals surface area contributed by atoms with Gasteiger partial charge >= 0.3 is 0 Å². The van der Waals surface area contributed by atoms with Gasteiger partial charge in [-0.05, 0) is 56.3 Å². The topological polar surface area (TPSA) is 65.1 Å². The second-order valence-corrected chi connectivity index (χ2v) is 7.19. The van der Waals surface area contributed by atoms with Crippen molar-refractivity contribution in [3.05, 3.63) is 29.6 Å². The standard InChI is InChI=1S/C19H27FN4/c20-17-10-16(8-7-15(17)11-21)24-9-3-4-14(13-24)12-23-19-6-2-1-5-18(19)22/h7-8,10,14,18-19,23H,1-6,9,12-13,22H2/t14?,18-,19-/m1/s1. The summed E-state index contributed by atoms with van der Waals surface area (Å²) in [7, 11) is 0. The zero-order chi connectivity index (χ0) is 16.9. The second kappa shape index (κ2) is 7.96. The molecule has 1 unspecified atom stereocenters. The molecule has 1 heterocycles. The molecule has 2 fully saturated rings. The number of halogens is 1. The Kier molecular flexibility index (Phi) is 5.70. The number of hydrogen-bond acceptors (Lipinski definition) is 4. The molecular formula is C19H27FN4. The minimum absolute atomic E-state index is 0.111. The summed E-state index contributed by atoms with van der Waals surface area (Å²) >= 11 is 0. The summed E-state index contributed by atoms with van der Waals surface area (Å²) < 4.78 is 13.9. The number of nitrogens with two attached hydrogens (primary N) is 1. The highest BCUT2D eigenvalue weighted by Gasteiger charge is 2.25. The summed E-state index contributed by atoms with van der Waals surface area (Å²) in [6.45, 7) is 2.86. The molecule has 5 heteroatoms. The summed E-state index contributed by atoms with van der Waals surface area (Å²) in [4.78, 5) is 2.24. The van der Waals surface area contributed by atoms with E-state index in [0.717, 1.165) is 38.2 Å². The normalized spacial score (nSPS) is 27.7. The molecular weight excluding hydrogens is 303 g/mol. The van der Waals surface area contributed by atoms with Gasteiger partial charge in [-0.15, -0.1) is 0 Å². The third-order valence-electron chi connectivity index (χ3n) is 5.45. The van der Waals surface area contributed by atoms with Gasteiger partial charge in [0.15, 0.2) is 0 Å². The minimum atomic E-state index is -0.427. The summed E-state index contributed by atoms with van der Waals surface area (Å²) in [6, 6.07) is 7.53. The van der Waals surface area contributed by atoms with Crippen LogP contribution in [0.1, 0.15) is 44.1 Å². The van der Waals surface area contributed by atoms with E-state index in [1.54, 1.807) is 6.07 Å². The van der Waals surface area contributed by atoms with Crippen molar-refractivity contribution < 1.29 is 4.39 Å². The summed E-state index contributed by atoms with van der Waals surface area (Å²) in [6.07, 6.45) is 7.14. The van der Waals surface area contributed by atoms with Crippen molar-refractivity contribution in [3.63, 3.8) is 0 Å². The second-order valence-electron chi connectivity index (χ2n) is 7.19. The lowest BCUT2D eigenvalue weighted by Gasteiger charge is -2.36. The van der Waals surface area contributed by atoms with Crippen LogP contribution in [0, 0.1) is 23.1 Å². The van der Waals surface area contributed by atoms with E-state index in [2.05, 4.69) is 10.2 Å². The van der Waals surface area contributed by atoms with Crippen molar-refractivity contribution in [2.45, 2.75) is 50.6 Å². The van der Waals surface area contributed by atoms with Gasteiger partial charge in [-0.2, -0.15) is 5.26 Å². The lowest BCUT2D eigenvalue weighted by molar-refractivity contribution is 0.296. The molecule has 3 atom stereocenters. The molecule has 1 aromatic carbocycles. The van der Waals surface area contributed by atoms with E-state index in [4.69, 9.17) is 11.0 Å². The van der Waals surface area contributed by atoms with Gasteiger partial charge in [-0.3, -0.25) is 0 Å². The Morgan fingerprint density at radius 1 is 1.25 bits per heavy atom. The molecule has 0 bridgehead atoms. The summed E-state index contributed by atoms with van der Waals surface area (Å²) in [5, 5.41) is 12.5. The molecule has 0 spiro atoms. The molecule has 130 valence electrons. The van der Waals surface area contributed by atoms with E-state index < -0.39 is 5.82 Å². The van der Waals surface area contributed by atoms with Crippen molar-refractivity contribution >= 4 is 5.69 Å². The number of nitrogens with one attached hydrogen (secondary N) is 1. The van der Waals surface area contributed by atoms with Gasteiger partial charge in [0.25, 0.3) is 0 Å². The van der Waals surface area contributed by atoms with Gasteiger partial charge in [-0.25, -0.2) is 4.39 Å². The van der Waals surface area contributed by atoms with Crippen LogP contribution in [-0.2, 0) is 0 Å². The van der Waals surface area contributed by atoms with Gasteiger partial charge in [0.1, 0.15) is 11.9 Å². The van der Waals surface area contributed by atoms with Crippen LogP contribution in [0.25, 0.3) is 0 Å². The maximum atomic E-state index is 13.9. The van der Waals surface area contributed by atoms with Gasteiger partial charge in [0.2, 0.25) is 0 Å². The molecule has 1 saturated carbocycles. The van der Waals surface area contributed by atoms with Crippen LogP contribution < -0.4 is 16.0 Å². The van der Waals surface area contributed by atoms with Crippen molar-refractivity contribution in [1.29, 1.82) is 5.26 Å². The average molecular weight is 330 g/mol. The van der Waals surface area contributed by atoms with Crippen LogP contribution in [-0.4, -0.2) is 31.7 Å². The van der Waals surface area contributed by atoms with Crippen molar-refractivity contribution in [1.82, 2.24) is 5.32 Å². The molecule has 1 aliphatic heterocycles. The first-order valence-electron chi connectivity index (χ1n) is 9.11. The highest BCUT2D eigenvalue weighted by molar-refractivity contribution is 5.50. The molecule has 0 amide bonds. The predicted molar refractivity (Wildman–Crippen MR) is 94.3 cm³/mol. The molecule has 3 N–H and O–H groups in total. The number of piperidine rings is 1. The first kappa shape index (κ1) is 17.2. The van der Waals surface area contributed by atoms with E-state index >= 15 is 0 Å². The highest BCUT2D eigenvalue weighted by atomic mass is 19.1. The Labute approximate surface area is 143 Å². The third-order valence-corrected chi connectivity index (χ3v) is 5.45. The molecule has 24 heavy (non-hydrogen) atoms. The van der Waals surface area contributed by atoms with Crippen molar-refractivity contribution in [2.75, 3.05) is 24.5 Å². The van der Waals surface area contributed by atoms with Gasteiger partial charge < -0.3 is 16.0 Å². The van der Waals surface area contributed by atoms with Crippen LogP contribution in [0.4, 0.5) is 10.1 Å². The van der Waals surface area contributed by atoms with Crippen molar-refractivity contribution in [2.24, 2.45) is 11.7 Å². The lowest BCUT2D eigenvalue weighted by Crippen LogP contribution is -2.50. The molecule has 1 saturated heterocycles. The van der Waals surface area contributed by atoms with E-state index in [1.165, 1.54) is 31.7 Å². The van der Waals surface area contributed by atoms with Crippen LogP contribution in [0.15, 0.2) is 18.2 Å². The fraction of sp³-hybridized carbons (Fsp3) is 0.632. The molecule has 3 rings (SSSR count). The number of benzene rings is 1. The number of nitriles is 1. The number of anilines is 1. The third kappa shape index (κ3) is 4.06. The summed E-state index contributed by atoms with van der Waals surface area (Å²) in [5.74, 6) is 0.134. The maximum Gasteiger partial charge on any atom is 0.143 e. The number of nitrogens with zero attached hydrogens (tertiary/aromatic N) is 2. The SMILES string of the molecule is N#Cc1ccc(N2CCCC(CN[C@@H]3CCCC[C@H]3N)C2)cc1F. The monoisotopic (exact) mass is 330 g/mol. The predicted octanol–water partition coefficient (Wildman–Crippen LogP) is 2.77. The smallest absolute Gasteiger partial charge is 0.143 e. The Morgan fingerprint density at radius 2 is 2.08 bits per heavy atom. The Bertz CT molecular complexity index is 598. The van der Waals surface area contributed by atoms with Crippen molar-refractivity contribution in [3.8, 4) is 6.07 Å². The number of hydrogen-bond donors (Lipinski definition) is 2. The van der Waals surface area contributed by atoms with Gasteiger partial charge in [-0.1, -0.05) is 12.8 Å². The van der Waals surface area contributed by atoms with E-state index in [-0.39, 0.29) is 11.6 Å². The van der Waals surface area contributed by atoms with E-state index in [9.17, 15) is 4.39 Å². The fourth-order valence-electron chi connectivity index (χ4n) is 3.99. The Balaban J connectivity index is 1.56. The van der Waals surface area contributed by atoms with Crippen LogP contribution in [0.5, 0.6) is 0 Å². The number of rotatable bonds is 4. The van der Waals surface area contributed by atoms with Gasteiger partial charge in [0, 0.05) is 30.9 Å². The Morgan fingerprint density at radius 3 is 2.83 bits per heavy atom. The first-order valence-corrected chi connectivity index (χ1v) is 9.11. The van der Waals surface area contributed by atoms with E-state index in [0.29, 0.717) is 12.0 Å². The average Bonchev–Trinajstić information content (AvgIpc) is 2.61. The molecule has 2 aliphatic rings. The summed E-state index contributed by atoms with van der Waals surface area (Å²) in [5.41, 5.74) is 7.21. The van der Waals surface area contributed by atoms with Crippen LogP contribution >= 0.6 is 0 Å². The highest BCUT2D eigenvalue weighted by Crippen LogP contribution is 2.25. The minimum Gasteiger partial charge on any atom is -0.371 e. The molecule has 1 aromatic rings. The van der Waals surface area contributed by atoms with Gasteiger partial charge in [0.05, 0.1) is 5.56 Å². The fourth-order valence-corrected chi connectivity index (χ4v) is 3.99. The van der Waals surface area contributed by atoms with Crippen LogP contribution in [0.3, 0.4) is 0 Å². The maximum absolute atomic E-state index is 13.9. The molecule has 0 aromatic heterocycles. The zero-order valence-corrected chi connectivity index (χ0v) is 14.2. The first-order chi connectivity index (χ1) is 11.7. The molecule has 4 nitrogen and oxygen atoms in total. The molecule has 1 aliphatic carbocycles. The van der Waals surface area contributed by atoms with Crippen LogP contribution in [0.2, 0.25) is 0 Å². The lowest BCUT2D eigenvalue weighted by atomic mass is 9.90. The zero-order valence-electron chi connectivity index (χ0n) is 14.2. The van der Waals surface area contributed by atoms with E-state index in [1.807, 2.05) is 12.1 Å².